The molecule has 3 rings (SSSR count). The molecule has 3 aromatic rings. The zero-order valence-corrected chi connectivity index (χ0v) is 16.7. The molecule has 2 aromatic heterocycles. The molecule has 27 heavy (non-hydrogen) atoms. The number of rotatable bonds is 7. The Morgan fingerprint density at radius 1 is 1.19 bits per heavy atom. The molecule has 1 amide bonds. The molecule has 0 saturated heterocycles. The number of carbonyl (C=O) groups excluding carboxylic acids is 1. The van der Waals surface area contributed by atoms with Crippen LogP contribution in [0.4, 0.5) is 0 Å². The second kappa shape index (κ2) is 8.86. The molecule has 0 bridgehead atoms. The minimum absolute atomic E-state index is 0.0956. The van der Waals surface area contributed by atoms with E-state index >= 15 is 0 Å². The summed E-state index contributed by atoms with van der Waals surface area (Å²) in [5.41, 5.74) is 2.76. The Hall–Kier alpha value is -2.60. The molecule has 1 unspecified atom stereocenters. The van der Waals surface area contributed by atoms with Crippen LogP contribution in [0.2, 0.25) is 0 Å². The number of hydrogen-bond acceptors (Lipinski definition) is 4. The quantitative estimate of drug-likeness (QED) is 0.670. The molecular formula is C21H24N4OS. The highest BCUT2D eigenvalue weighted by Gasteiger charge is 2.15. The van der Waals surface area contributed by atoms with Gasteiger partial charge in [0.2, 0.25) is 0 Å². The molecule has 2 heterocycles. The van der Waals surface area contributed by atoms with Crippen LogP contribution in [0.15, 0.2) is 64.6 Å². The highest BCUT2D eigenvalue weighted by molar-refractivity contribution is 7.99. The van der Waals surface area contributed by atoms with Crippen molar-refractivity contribution in [2.45, 2.75) is 37.2 Å². The maximum Gasteiger partial charge on any atom is 0.254 e. The maximum absolute atomic E-state index is 12.7. The smallest absolute Gasteiger partial charge is 0.254 e. The van der Waals surface area contributed by atoms with E-state index in [-0.39, 0.29) is 11.8 Å². The van der Waals surface area contributed by atoms with Crippen LogP contribution < -0.4 is 5.32 Å². The molecule has 6 heteroatoms. The lowest BCUT2D eigenvalue weighted by atomic mass is 10.1. The van der Waals surface area contributed by atoms with Gasteiger partial charge in [-0.15, -0.1) is 0 Å². The van der Waals surface area contributed by atoms with Crippen molar-refractivity contribution in [2.75, 3.05) is 6.54 Å². The van der Waals surface area contributed by atoms with E-state index in [2.05, 4.69) is 28.4 Å². The normalized spacial score (nSPS) is 12.0. The number of carbonyl (C=O) groups is 1. The molecule has 1 aromatic carbocycles. The summed E-state index contributed by atoms with van der Waals surface area (Å²) < 4.78 is 1.99. The van der Waals surface area contributed by atoms with Crippen LogP contribution in [0, 0.1) is 19.8 Å². The molecule has 0 aliphatic heterocycles. The molecular weight excluding hydrogens is 356 g/mol. The summed E-state index contributed by atoms with van der Waals surface area (Å²) in [4.78, 5) is 18.1. The van der Waals surface area contributed by atoms with E-state index in [1.54, 1.807) is 12.3 Å². The first-order chi connectivity index (χ1) is 13.0. The van der Waals surface area contributed by atoms with Gasteiger partial charge in [-0.2, -0.15) is 5.10 Å². The molecule has 0 aliphatic rings. The van der Waals surface area contributed by atoms with Crippen molar-refractivity contribution in [3.63, 3.8) is 0 Å². The summed E-state index contributed by atoms with van der Waals surface area (Å²) in [5.74, 6) is 0.176. The lowest BCUT2D eigenvalue weighted by molar-refractivity contribution is 0.0943. The van der Waals surface area contributed by atoms with E-state index < -0.39 is 0 Å². The van der Waals surface area contributed by atoms with Crippen LogP contribution in [0.1, 0.15) is 28.7 Å². The molecule has 0 fully saturated rings. The van der Waals surface area contributed by atoms with Crippen molar-refractivity contribution in [1.29, 1.82) is 0 Å². The highest BCUT2D eigenvalue weighted by atomic mass is 32.2. The fourth-order valence-corrected chi connectivity index (χ4v) is 3.73. The van der Waals surface area contributed by atoms with E-state index in [1.165, 1.54) is 11.8 Å². The second-order valence-electron chi connectivity index (χ2n) is 6.70. The number of nitrogens with zero attached hydrogens (tertiary/aromatic N) is 3. The van der Waals surface area contributed by atoms with Crippen LogP contribution in [0.3, 0.4) is 0 Å². The Morgan fingerprint density at radius 3 is 2.67 bits per heavy atom. The van der Waals surface area contributed by atoms with Crippen molar-refractivity contribution in [3.8, 4) is 0 Å². The summed E-state index contributed by atoms with van der Waals surface area (Å²) in [6, 6.07) is 15.6. The van der Waals surface area contributed by atoms with Gasteiger partial charge in [-0.1, -0.05) is 36.9 Å². The van der Waals surface area contributed by atoms with Gasteiger partial charge in [0, 0.05) is 29.9 Å². The number of aryl methyl sites for hydroxylation is 2. The molecule has 0 aliphatic carbocycles. The van der Waals surface area contributed by atoms with E-state index in [4.69, 9.17) is 0 Å². The number of aromatic nitrogens is 3. The van der Waals surface area contributed by atoms with Crippen molar-refractivity contribution < 1.29 is 4.79 Å². The first-order valence-corrected chi connectivity index (χ1v) is 9.81. The third-order valence-electron chi connectivity index (χ3n) is 4.17. The van der Waals surface area contributed by atoms with Gasteiger partial charge in [0.1, 0.15) is 5.03 Å². The fraction of sp³-hybridized carbons (Fsp3) is 0.286. The zero-order valence-electron chi connectivity index (χ0n) is 15.8. The summed E-state index contributed by atoms with van der Waals surface area (Å²) in [6.45, 7) is 7.51. The average molecular weight is 381 g/mol. The molecule has 1 atom stereocenters. The van der Waals surface area contributed by atoms with Crippen LogP contribution in [0.5, 0.6) is 0 Å². The topological polar surface area (TPSA) is 59.8 Å². The first kappa shape index (κ1) is 19.2. The number of pyridine rings is 1. The SMILES string of the molecule is Cc1cc(C)n(CC(C)CNC(=O)c2cccnc2Sc2ccccc2)n1. The molecule has 1 N–H and O–H groups in total. The van der Waals surface area contributed by atoms with Gasteiger partial charge in [0.25, 0.3) is 5.91 Å². The van der Waals surface area contributed by atoms with Crippen molar-refractivity contribution in [2.24, 2.45) is 5.92 Å². The van der Waals surface area contributed by atoms with Gasteiger partial charge in [0.15, 0.2) is 0 Å². The van der Waals surface area contributed by atoms with Gasteiger partial charge in [-0.25, -0.2) is 4.98 Å². The first-order valence-electron chi connectivity index (χ1n) is 9.00. The van der Waals surface area contributed by atoms with Crippen LogP contribution in [0.25, 0.3) is 0 Å². The average Bonchev–Trinajstić information content (AvgIpc) is 2.98. The van der Waals surface area contributed by atoms with Crippen molar-refractivity contribution in [3.05, 3.63) is 71.7 Å². The molecule has 140 valence electrons. The lowest BCUT2D eigenvalue weighted by Gasteiger charge is -2.15. The number of nitrogens with one attached hydrogen (secondary N) is 1. The van der Waals surface area contributed by atoms with Crippen LogP contribution >= 0.6 is 11.8 Å². The summed E-state index contributed by atoms with van der Waals surface area (Å²) in [5, 5.41) is 8.24. The van der Waals surface area contributed by atoms with E-state index in [0.717, 1.165) is 22.8 Å². The second-order valence-corrected chi connectivity index (χ2v) is 7.76. The predicted octanol–water partition coefficient (Wildman–Crippen LogP) is 4.11. The standard InChI is InChI=1S/C21H24N4OS/c1-15(14-25-17(3)12-16(2)24-25)13-23-20(26)19-10-7-11-22-21(19)27-18-8-5-4-6-9-18/h4-12,15H,13-14H2,1-3H3,(H,23,26). The maximum atomic E-state index is 12.7. The minimum atomic E-state index is -0.0956. The minimum Gasteiger partial charge on any atom is -0.352 e. The summed E-state index contributed by atoms with van der Waals surface area (Å²) >= 11 is 1.50. The van der Waals surface area contributed by atoms with Crippen LogP contribution in [-0.2, 0) is 6.54 Å². The summed E-state index contributed by atoms with van der Waals surface area (Å²) in [6.07, 6.45) is 1.72. The van der Waals surface area contributed by atoms with E-state index in [0.29, 0.717) is 17.1 Å². The van der Waals surface area contributed by atoms with Crippen LogP contribution in [-0.4, -0.2) is 27.2 Å². The molecule has 0 radical (unpaired) electrons. The van der Waals surface area contributed by atoms with Gasteiger partial charge in [0.05, 0.1) is 11.3 Å². The van der Waals surface area contributed by atoms with Gasteiger partial charge < -0.3 is 5.32 Å². The van der Waals surface area contributed by atoms with Crippen molar-refractivity contribution >= 4 is 17.7 Å². The zero-order chi connectivity index (χ0) is 19.2. The fourth-order valence-electron chi connectivity index (χ4n) is 2.83. The van der Waals surface area contributed by atoms with E-state index in [1.807, 2.05) is 54.9 Å². The molecule has 5 nitrogen and oxygen atoms in total. The Morgan fingerprint density at radius 2 is 1.96 bits per heavy atom. The Balaban J connectivity index is 1.62. The van der Waals surface area contributed by atoms with E-state index in [9.17, 15) is 4.79 Å². The van der Waals surface area contributed by atoms with Gasteiger partial charge in [-0.05, 0) is 50.1 Å². The van der Waals surface area contributed by atoms with Gasteiger partial charge in [-0.3, -0.25) is 9.48 Å². The Bertz CT molecular complexity index is 908. The monoisotopic (exact) mass is 380 g/mol. The predicted molar refractivity (Wildman–Crippen MR) is 108 cm³/mol. The number of hydrogen-bond donors (Lipinski definition) is 1. The third kappa shape index (κ3) is 5.20. The molecule has 0 saturated carbocycles. The lowest BCUT2D eigenvalue weighted by Crippen LogP contribution is -2.30. The molecule has 0 spiro atoms. The number of benzene rings is 1. The highest BCUT2D eigenvalue weighted by Crippen LogP contribution is 2.28. The van der Waals surface area contributed by atoms with Gasteiger partial charge >= 0.3 is 0 Å². The third-order valence-corrected chi connectivity index (χ3v) is 5.20. The Kier molecular flexibility index (Phi) is 6.29. The number of amides is 1. The Labute approximate surface area is 164 Å². The van der Waals surface area contributed by atoms with Crippen molar-refractivity contribution in [1.82, 2.24) is 20.1 Å². The summed E-state index contributed by atoms with van der Waals surface area (Å²) in [7, 11) is 0. The largest absolute Gasteiger partial charge is 0.352 e.